The molecule has 0 saturated heterocycles. The molecule has 1 aliphatic carbocycles. The van der Waals surface area contributed by atoms with Gasteiger partial charge in [0, 0.05) is 17.1 Å². The van der Waals surface area contributed by atoms with Gasteiger partial charge < -0.3 is 0 Å². The summed E-state index contributed by atoms with van der Waals surface area (Å²) in [6.45, 7) is 13.5. The van der Waals surface area contributed by atoms with Crippen molar-refractivity contribution < 1.29 is 31.0 Å². The molecule has 5 radical (unpaired) electrons. The smallest absolute Gasteiger partial charge is 0 e. The van der Waals surface area contributed by atoms with E-state index in [1.165, 1.54) is 0 Å². The summed E-state index contributed by atoms with van der Waals surface area (Å²) in [5.74, 6) is 0. The van der Waals surface area contributed by atoms with Crippen LogP contribution in [0, 0.1) is 52.1 Å². The first kappa shape index (κ1) is 23.0. The van der Waals surface area contributed by atoms with Crippen LogP contribution in [0.1, 0.15) is 6.42 Å². The van der Waals surface area contributed by atoms with E-state index in [9.17, 15) is 0 Å². The molecule has 69 valence electrons. The Morgan fingerprint density at radius 2 is 1.00 bits per heavy atom. The van der Waals surface area contributed by atoms with Gasteiger partial charge in [0.25, 0.3) is 0 Å². The summed E-state index contributed by atoms with van der Waals surface area (Å²) in [6.07, 6.45) is 11.5. The van der Waals surface area contributed by atoms with E-state index in [0.29, 0.717) is 0 Å². The van der Waals surface area contributed by atoms with Crippen molar-refractivity contribution in [2.24, 2.45) is 0 Å². The zero-order valence-corrected chi connectivity index (χ0v) is 7.78. The molecule has 0 heterocycles. The normalized spacial score (nSPS) is 11.5. The molecule has 0 aromatic rings. The minimum atomic E-state index is 0. The average molecular weight is 219 g/mol. The van der Waals surface area contributed by atoms with Crippen molar-refractivity contribution in [3.63, 3.8) is 0 Å². The van der Waals surface area contributed by atoms with Crippen LogP contribution in [0.2, 0.25) is 0 Å². The van der Waals surface area contributed by atoms with Crippen LogP contribution < -0.4 is 0 Å². The topological polar surface area (TPSA) is 59.7 Å². The molecule has 0 atom stereocenters. The van der Waals surface area contributed by atoms with Gasteiger partial charge in [-0.05, 0) is 38.5 Å². The molecule has 0 aromatic heterocycles. The van der Waals surface area contributed by atoms with E-state index in [0.717, 1.165) is 6.42 Å². The minimum Gasteiger partial charge on any atom is -0.0465 e. The Hall–Kier alpha value is -0.261. The van der Waals surface area contributed by atoms with Crippen LogP contribution in [-0.4, -0.2) is 0 Å². The third-order valence-corrected chi connectivity index (χ3v) is 0.767. The molecule has 0 aromatic carbocycles. The largest absolute Gasteiger partial charge is 0.0465 e. The van der Waals surface area contributed by atoms with Crippen LogP contribution >= 0.6 is 0 Å². The molecule has 1 aliphatic rings. The van der Waals surface area contributed by atoms with Crippen LogP contribution in [0.25, 0.3) is 0 Å². The van der Waals surface area contributed by atoms with E-state index in [2.05, 4.69) is 45.6 Å². The van der Waals surface area contributed by atoms with Crippen LogP contribution in [0.3, 0.4) is 0 Å². The Bertz CT molecular complexity index is 88.0. The first-order valence-electron chi connectivity index (χ1n) is 2.76. The molecule has 0 N–H and O–H groups in total. The SMILES string of the molecule is [C-]#[O+].[C-]#[O+].[C-]#[O+].[CH]1[CH][CH]C[CH][CH]1.[Fe]. The molecule has 0 spiro atoms. The van der Waals surface area contributed by atoms with Crippen LogP contribution in [0.4, 0.5) is 0 Å². The van der Waals surface area contributed by atoms with Crippen molar-refractivity contribution in [3.05, 3.63) is 52.1 Å². The molecule has 1 saturated carbocycles. The minimum absolute atomic E-state index is 0. The molecule has 3 nitrogen and oxygen atoms in total. The third kappa shape index (κ3) is 33.8. The molecular weight excluding hydrogens is 212 g/mol. The summed E-state index contributed by atoms with van der Waals surface area (Å²) in [7, 11) is 0. The second kappa shape index (κ2) is 41.1. The molecule has 0 aliphatic heterocycles. The number of rotatable bonds is 0. The van der Waals surface area contributed by atoms with Crippen molar-refractivity contribution in [1.29, 1.82) is 0 Å². The van der Waals surface area contributed by atoms with Crippen molar-refractivity contribution in [3.8, 4) is 0 Å². The molecule has 4 heteroatoms. The summed E-state index contributed by atoms with van der Waals surface area (Å²) in [5, 5.41) is 0. The van der Waals surface area contributed by atoms with Gasteiger partial charge in [-0.15, -0.1) is 0 Å². The van der Waals surface area contributed by atoms with Gasteiger partial charge in [0.1, 0.15) is 0 Å². The molecule has 13 heavy (non-hydrogen) atoms. The molecule has 1 fully saturated rings. The third-order valence-electron chi connectivity index (χ3n) is 0.767. The van der Waals surface area contributed by atoms with E-state index in [-0.39, 0.29) is 17.1 Å². The number of hydrogen-bond donors (Lipinski definition) is 0. The fourth-order valence-corrected chi connectivity index (χ4v) is 0.457. The quantitative estimate of drug-likeness (QED) is 0.335. The Labute approximate surface area is 89.9 Å². The van der Waals surface area contributed by atoms with Crippen molar-refractivity contribution in [1.82, 2.24) is 0 Å². The first-order chi connectivity index (χ1) is 6.00. The molecule has 0 bridgehead atoms. The van der Waals surface area contributed by atoms with E-state index < -0.39 is 0 Å². The van der Waals surface area contributed by atoms with Gasteiger partial charge in [0.05, 0.1) is 0 Å². The summed E-state index contributed by atoms with van der Waals surface area (Å²) < 4.78 is 22.5. The van der Waals surface area contributed by atoms with Gasteiger partial charge in [-0.2, -0.15) is 0 Å². The second-order valence-electron chi connectivity index (χ2n) is 1.28. The van der Waals surface area contributed by atoms with Gasteiger partial charge in [-0.25, -0.2) is 0 Å². The Morgan fingerprint density at radius 1 is 0.692 bits per heavy atom. The van der Waals surface area contributed by atoms with Crippen molar-refractivity contribution >= 4 is 0 Å². The van der Waals surface area contributed by atoms with Crippen LogP contribution in [0.15, 0.2) is 0 Å². The van der Waals surface area contributed by atoms with Crippen LogP contribution in [0.5, 0.6) is 0 Å². The molecule has 0 unspecified atom stereocenters. The Morgan fingerprint density at radius 3 is 1.08 bits per heavy atom. The molecular formula is C9H7FeO3. The van der Waals surface area contributed by atoms with Gasteiger partial charge in [0.2, 0.25) is 0 Å². The van der Waals surface area contributed by atoms with Gasteiger partial charge in [-0.3, -0.25) is 0 Å². The summed E-state index contributed by atoms with van der Waals surface area (Å²) in [6, 6.07) is 0. The fraction of sp³-hybridized carbons (Fsp3) is 0.111. The molecule has 0 amide bonds. The van der Waals surface area contributed by atoms with Gasteiger partial charge >= 0.3 is 33.9 Å². The molecule has 1 rings (SSSR count). The fourth-order valence-electron chi connectivity index (χ4n) is 0.457. The van der Waals surface area contributed by atoms with E-state index in [1.54, 1.807) is 0 Å². The summed E-state index contributed by atoms with van der Waals surface area (Å²) in [4.78, 5) is 0. The second-order valence-corrected chi connectivity index (χ2v) is 1.28. The zero-order valence-electron chi connectivity index (χ0n) is 6.67. The summed E-state index contributed by atoms with van der Waals surface area (Å²) in [5.41, 5.74) is 0. The monoisotopic (exact) mass is 219 g/mol. The van der Waals surface area contributed by atoms with Crippen molar-refractivity contribution in [2.75, 3.05) is 0 Å². The van der Waals surface area contributed by atoms with Crippen molar-refractivity contribution in [2.45, 2.75) is 6.42 Å². The average Bonchev–Trinajstić information content (AvgIpc) is 2.29. The van der Waals surface area contributed by atoms with Gasteiger partial charge in [0.15, 0.2) is 0 Å². The first-order valence-corrected chi connectivity index (χ1v) is 2.76. The standard InChI is InChI=1S/C6H7.3CO.Fe/c1-2-4-6-5-3-1;3*1-2;/h1-5H,6H2;;;;. The Balaban J connectivity index is -0.0000000508. The maximum atomic E-state index is 7.50. The Kier molecular flexibility index (Phi) is 72.7. The van der Waals surface area contributed by atoms with Crippen LogP contribution in [-0.2, 0) is 31.0 Å². The zero-order chi connectivity index (χ0) is 10.2. The van der Waals surface area contributed by atoms with E-state index in [1.807, 2.05) is 6.42 Å². The van der Waals surface area contributed by atoms with E-state index >= 15 is 0 Å². The summed E-state index contributed by atoms with van der Waals surface area (Å²) >= 11 is 0. The van der Waals surface area contributed by atoms with E-state index in [4.69, 9.17) is 14.0 Å². The maximum Gasteiger partial charge on any atom is 0 e. The maximum absolute atomic E-state index is 7.50. The van der Waals surface area contributed by atoms with Gasteiger partial charge in [-0.1, -0.05) is 0 Å². The predicted octanol–water partition coefficient (Wildman–Crippen LogP) is 1.30. The predicted molar refractivity (Wildman–Crippen MR) is 37.9 cm³/mol. The number of hydrogen-bond acceptors (Lipinski definition) is 0.